The lowest BCUT2D eigenvalue weighted by molar-refractivity contribution is -0.136. The minimum absolute atomic E-state index is 0.0481. The quantitative estimate of drug-likeness (QED) is 0.0125. The number of nitrogens with one attached hydrogen (secondary N) is 8. The van der Waals surface area contributed by atoms with Crippen molar-refractivity contribution in [3.8, 4) is 5.75 Å². The number of benzene rings is 6. The standard InChI is InChI=1S/C52H61N9O11S2.C47H50N10O8S2/c1-33-39(16-17-43(62)56-33)61-48(65)36-11-7-13-40(45(36)49(61)66)72-32-44(63)55-21-5-4-19-53-22-25-69-27-29-71-30-28-70-26-23-54-20-8-15-42-46(50(67)68)58-52(74-42)60-24-18-34-9-6-10-35(37(34)31-60)47(64)59-51-57-38-12-2-3-14-41(38)73-51;1-29-32-8-5-11-36(35(32)27-57(29)38-14-15-41(58)50-44(38)60)48-17-20-63-21-22-64-23-24-65-28-31-25-56(54-53-31)18-6-13-40-42(45(61)62)51-47(67-40)55-19-16-30-7-4-9-33(34(30)26-55)43(59)52-46-49-37-10-2-3-12-39(37)66-46/h2-3,6-7,9-14,39,53-54H,1,4-5,8,15-32H2,(H,55,63)(H,56,62)(H,67,68)(H,57,59,64);2-5,7-12,25,38,48H,1,6,13-24,26-28H2,(H,61,62)(H,49,52,59)(H,50,58,60). The Kier molecular flexibility index (Phi) is 35.2. The Morgan fingerprint density at radius 1 is 0.504 bits per heavy atom. The van der Waals surface area contributed by atoms with E-state index >= 15 is 0 Å². The Morgan fingerprint density at radius 3 is 1.62 bits per heavy atom. The first-order chi connectivity index (χ1) is 68.7. The second-order valence-corrected chi connectivity index (χ2v) is 38.2. The van der Waals surface area contributed by atoms with E-state index in [1.54, 1.807) is 22.9 Å². The average molecular weight is 2000 g/mol. The molecule has 0 spiro atoms. The number of carbonyl (C=O) groups excluding carboxylic acids is 8. The lowest BCUT2D eigenvalue weighted by atomic mass is 9.94. The Balaban J connectivity index is 0.000000204. The number of thiazole rings is 4. The van der Waals surface area contributed by atoms with Crippen molar-refractivity contribution in [2.45, 2.75) is 122 Å². The number of fused-ring (bicyclic) bond motifs is 6. The van der Waals surface area contributed by atoms with Gasteiger partial charge in [-0.2, -0.15) is 0 Å². The number of hydrogen-bond donors (Lipinski definition) is 10. The first-order valence-corrected chi connectivity index (χ1v) is 50.3. The van der Waals surface area contributed by atoms with E-state index in [9.17, 15) is 58.2 Å². The summed E-state index contributed by atoms with van der Waals surface area (Å²) >= 11 is 5.63. The molecule has 8 amide bonds. The molecule has 740 valence electrons. The first kappa shape index (κ1) is 101. The van der Waals surface area contributed by atoms with Crippen molar-refractivity contribution in [1.82, 2.24) is 71.3 Å². The Hall–Kier alpha value is -13.2. The number of piperidine rings is 2. The van der Waals surface area contributed by atoms with Gasteiger partial charge in [-0.3, -0.25) is 63.9 Å². The van der Waals surface area contributed by atoms with Gasteiger partial charge in [-0.25, -0.2) is 29.5 Å². The van der Waals surface area contributed by atoms with E-state index in [4.69, 9.17) is 33.2 Å². The highest BCUT2D eigenvalue weighted by molar-refractivity contribution is 7.22. The van der Waals surface area contributed by atoms with Crippen molar-refractivity contribution >= 4 is 157 Å². The molecule has 0 saturated carbocycles. The number of rotatable bonds is 50. The third-order valence-corrected chi connectivity index (χ3v) is 28.7. The molecule has 141 heavy (non-hydrogen) atoms. The smallest absolute Gasteiger partial charge is 0.355 e. The normalized spacial score (nSPS) is 15.5. The molecule has 6 aromatic carbocycles. The van der Waals surface area contributed by atoms with E-state index in [1.165, 1.54) is 45.3 Å². The first-order valence-electron chi connectivity index (χ1n) is 47.1. The molecule has 0 radical (unpaired) electrons. The van der Waals surface area contributed by atoms with Crippen molar-refractivity contribution in [2.75, 3.05) is 157 Å². The number of aryl methyl sites for hydroxylation is 3. The van der Waals surface area contributed by atoms with Crippen LogP contribution in [0.5, 0.6) is 5.75 Å². The van der Waals surface area contributed by atoms with E-state index in [0.29, 0.717) is 238 Å². The highest BCUT2D eigenvalue weighted by Gasteiger charge is 2.45. The zero-order valence-electron chi connectivity index (χ0n) is 77.7. The van der Waals surface area contributed by atoms with Crippen molar-refractivity contribution in [2.24, 2.45) is 0 Å². The highest BCUT2D eigenvalue weighted by Crippen LogP contribution is 2.42. The van der Waals surface area contributed by atoms with Crippen LogP contribution in [0.3, 0.4) is 0 Å². The molecule has 2 unspecified atom stereocenters. The van der Waals surface area contributed by atoms with Crippen molar-refractivity contribution in [1.29, 1.82) is 0 Å². The van der Waals surface area contributed by atoms with Gasteiger partial charge in [0.1, 0.15) is 17.5 Å². The lowest BCUT2D eigenvalue weighted by Gasteiger charge is -2.31. The molecule has 38 nitrogen and oxygen atoms in total. The summed E-state index contributed by atoms with van der Waals surface area (Å²) in [6, 6.07) is 36.6. The monoisotopic (exact) mass is 2000 g/mol. The molecule has 2 saturated heterocycles. The maximum Gasteiger partial charge on any atom is 0.355 e. The van der Waals surface area contributed by atoms with Gasteiger partial charge in [-0.05, 0) is 154 Å². The molecule has 10 N–H and O–H groups in total. The van der Waals surface area contributed by atoms with Crippen LogP contribution in [0.25, 0.3) is 26.1 Å². The summed E-state index contributed by atoms with van der Waals surface area (Å²) in [6.07, 6.45) is 8.50. The van der Waals surface area contributed by atoms with E-state index in [-0.39, 0.29) is 89.8 Å². The Labute approximate surface area is 828 Å². The summed E-state index contributed by atoms with van der Waals surface area (Å²) in [5.74, 6) is -4.53. The summed E-state index contributed by atoms with van der Waals surface area (Å²) in [5.41, 5.74) is 12.0. The van der Waals surface area contributed by atoms with Crippen LogP contribution in [0, 0.1) is 0 Å². The second kappa shape index (κ2) is 49.2. The summed E-state index contributed by atoms with van der Waals surface area (Å²) in [6.45, 7) is 20.1. The van der Waals surface area contributed by atoms with Gasteiger partial charge < -0.3 is 84.7 Å². The van der Waals surface area contributed by atoms with E-state index in [1.807, 2.05) is 114 Å². The molecule has 11 heterocycles. The summed E-state index contributed by atoms with van der Waals surface area (Å²) in [7, 11) is 0. The van der Waals surface area contributed by atoms with Crippen LogP contribution >= 0.6 is 45.3 Å². The van der Waals surface area contributed by atoms with Crippen molar-refractivity contribution in [3.63, 3.8) is 0 Å². The number of para-hydroxylation sites is 2. The fraction of sp³-hybridized carbons (Fsp3) is 0.394. The maximum atomic E-state index is 13.5. The van der Waals surface area contributed by atoms with E-state index < -0.39 is 35.8 Å². The third-order valence-electron chi connectivity index (χ3n) is 24.4. The summed E-state index contributed by atoms with van der Waals surface area (Å²) in [5, 5.41) is 54.8. The Bertz CT molecular complexity index is 6330. The summed E-state index contributed by atoms with van der Waals surface area (Å²) < 4.78 is 43.5. The van der Waals surface area contributed by atoms with Crippen molar-refractivity contribution < 1.29 is 91.3 Å². The van der Waals surface area contributed by atoms with Crippen LogP contribution in [0.4, 0.5) is 26.2 Å². The number of unbranched alkanes of at least 4 members (excludes halogenated alkanes) is 1. The molecule has 0 bridgehead atoms. The number of aromatic nitrogens is 7. The fourth-order valence-corrected chi connectivity index (χ4v) is 21.3. The lowest BCUT2D eigenvalue weighted by Crippen LogP contribution is -2.50. The molecular weight excluding hydrogens is 1890 g/mol. The van der Waals surface area contributed by atoms with Crippen LogP contribution in [0.2, 0.25) is 0 Å². The third kappa shape index (κ3) is 26.1. The van der Waals surface area contributed by atoms with E-state index in [2.05, 4.69) is 95.7 Å². The molecule has 11 aromatic rings. The highest BCUT2D eigenvalue weighted by atomic mass is 32.1. The van der Waals surface area contributed by atoms with Crippen LogP contribution < -0.4 is 57.1 Å². The molecular formula is C99H111N19O19S4. The number of carboxylic acids is 2. The van der Waals surface area contributed by atoms with Crippen LogP contribution in [-0.2, 0) is 106 Å². The molecule has 17 rings (SSSR count). The minimum Gasteiger partial charge on any atom is -0.483 e. The topological polar surface area (TPSA) is 467 Å². The van der Waals surface area contributed by atoms with Crippen LogP contribution in [-0.4, -0.2) is 258 Å². The zero-order valence-corrected chi connectivity index (χ0v) is 81.0. The van der Waals surface area contributed by atoms with Crippen molar-refractivity contribution in [3.05, 3.63) is 229 Å². The second-order valence-electron chi connectivity index (χ2n) is 34.0. The van der Waals surface area contributed by atoms with Gasteiger partial charge in [-0.15, -0.1) is 27.8 Å². The minimum atomic E-state index is -1.07. The van der Waals surface area contributed by atoms with Gasteiger partial charge in [0.05, 0.1) is 123 Å². The van der Waals surface area contributed by atoms with Gasteiger partial charge in [0.15, 0.2) is 38.5 Å². The van der Waals surface area contributed by atoms with Crippen LogP contribution in [0.1, 0.15) is 163 Å². The molecule has 2 fully saturated rings. The van der Waals surface area contributed by atoms with Gasteiger partial charge >= 0.3 is 11.9 Å². The molecule has 5 aromatic heterocycles. The molecule has 6 aliphatic rings. The number of ether oxygens (including phenoxy) is 7. The number of hydrogen-bond acceptors (Lipinski definition) is 33. The number of nitrogens with zero attached hydrogens (tertiary/aromatic N) is 11. The average Bonchev–Trinajstić information content (AvgIpc) is 1.60. The largest absolute Gasteiger partial charge is 0.483 e. The van der Waals surface area contributed by atoms with E-state index in [0.717, 1.165) is 101 Å². The number of amides is 8. The van der Waals surface area contributed by atoms with Gasteiger partial charge in [0.2, 0.25) is 17.7 Å². The van der Waals surface area contributed by atoms with Gasteiger partial charge in [-0.1, -0.05) is 108 Å². The number of imide groups is 2. The molecule has 6 aliphatic heterocycles. The zero-order chi connectivity index (χ0) is 98.1. The number of carbonyl (C=O) groups is 10. The molecule has 42 heteroatoms. The predicted octanol–water partition coefficient (Wildman–Crippen LogP) is 10.5. The number of carboxylic acid groups (broad SMARTS) is 2. The number of aromatic carboxylic acids is 2. The Morgan fingerprint density at radius 2 is 1.04 bits per heavy atom. The molecule has 0 aliphatic carbocycles. The fourth-order valence-electron chi connectivity index (χ4n) is 17.4. The number of anilines is 5. The predicted molar refractivity (Wildman–Crippen MR) is 533 cm³/mol. The van der Waals surface area contributed by atoms with Gasteiger partial charge in [0, 0.05) is 127 Å². The molecule has 2 atom stereocenters. The summed E-state index contributed by atoms with van der Waals surface area (Å²) in [4.78, 5) is 153. The maximum absolute atomic E-state index is 13.5. The SMILES string of the molecule is C=C1NC(=O)CCC1N1C(=O)c2cccc(OCC(=O)NCCCCNCCOCCOCCOCCNCCCc3sc(N4CCc5cccc(C(=O)Nc6nc7ccccc7s6)c5C4)nc3C(=O)O)c2C1=O.C=C1c2cccc(NCCOCCOCCOCc3cn(CCCc4sc(N5CCc6cccc(C(=O)Nc7nc8ccccc8s7)c6C5)nc4C(=O)O)nn3)c2CN1C1CCC(=O)NC1=O. The van der Waals surface area contributed by atoms with Gasteiger partial charge in [0.25, 0.3) is 29.5 Å². The van der Waals surface area contributed by atoms with Crippen LogP contribution in [0.15, 0.2) is 146 Å².